The number of aromatic nitrogens is 4. The number of nitrogens with zero attached hydrogens (tertiary/aromatic N) is 4. The van der Waals surface area contributed by atoms with E-state index < -0.39 is 37.1 Å². The van der Waals surface area contributed by atoms with Crippen molar-refractivity contribution >= 4 is 36.4 Å². The molecule has 0 aromatic carbocycles. The Balaban J connectivity index is 2.12. The summed E-state index contributed by atoms with van der Waals surface area (Å²) in [7, 11) is -3.59. The van der Waals surface area contributed by atoms with Crippen LogP contribution in [-0.4, -0.2) is 68.2 Å². The van der Waals surface area contributed by atoms with Crippen LogP contribution in [0.2, 0.25) is 0 Å². The van der Waals surface area contributed by atoms with Gasteiger partial charge in [0.1, 0.15) is 23.7 Å². The number of rotatable bonds is 17. The summed E-state index contributed by atoms with van der Waals surface area (Å²) in [5.74, 6) is -0.671. The van der Waals surface area contributed by atoms with Crippen LogP contribution in [-0.2, 0) is 34.9 Å². The van der Waals surface area contributed by atoms with Crippen molar-refractivity contribution in [3.8, 4) is 0 Å². The SMILES string of the molecule is CCCCCOC(=O)C(C)(C)N[P@](=O)(CO[C@H](C)Cn1cnc2c(N)ncnc21)N[C@@H](C)CC(=O)OC(C)C. The van der Waals surface area contributed by atoms with E-state index in [9.17, 15) is 14.2 Å². The molecule has 0 saturated heterocycles. The number of hydrogen-bond donors (Lipinski definition) is 3. The van der Waals surface area contributed by atoms with E-state index >= 15 is 0 Å². The first-order chi connectivity index (χ1) is 18.3. The van der Waals surface area contributed by atoms with Crippen molar-refractivity contribution in [2.45, 2.75) is 104 Å². The second kappa shape index (κ2) is 14.7. The molecule has 39 heavy (non-hydrogen) atoms. The Morgan fingerprint density at radius 2 is 1.87 bits per heavy atom. The summed E-state index contributed by atoms with van der Waals surface area (Å²) in [5, 5.41) is 5.93. The number of imidazole rings is 1. The average molecular weight is 570 g/mol. The molecule has 2 aromatic rings. The number of nitrogens with two attached hydrogens (primary N) is 1. The van der Waals surface area contributed by atoms with Gasteiger partial charge in [-0.3, -0.25) is 14.2 Å². The maximum atomic E-state index is 14.1. The van der Waals surface area contributed by atoms with Gasteiger partial charge in [0.2, 0.25) is 7.44 Å². The molecular weight excluding hydrogens is 525 g/mol. The lowest BCUT2D eigenvalue weighted by atomic mass is 10.1. The predicted octanol–water partition coefficient (Wildman–Crippen LogP) is 3.39. The van der Waals surface area contributed by atoms with Crippen LogP contribution in [0, 0.1) is 0 Å². The average Bonchev–Trinajstić information content (AvgIpc) is 3.23. The Morgan fingerprint density at radius 1 is 1.15 bits per heavy atom. The quantitative estimate of drug-likeness (QED) is 0.144. The summed E-state index contributed by atoms with van der Waals surface area (Å²) in [6, 6.07) is -0.526. The predicted molar refractivity (Wildman–Crippen MR) is 149 cm³/mol. The van der Waals surface area contributed by atoms with Gasteiger partial charge in [-0.1, -0.05) is 19.8 Å². The molecule has 3 atom stereocenters. The topological polar surface area (TPSA) is 173 Å². The van der Waals surface area contributed by atoms with E-state index in [2.05, 4.69) is 32.1 Å². The molecule has 2 aromatic heterocycles. The maximum absolute atomic E-state index is 14.1. The fraction of sp³-hybridized carbons (Fsp3) is 0.720. The number of fused-ring (bicyclic) bond motifs is 1. The molecule has 0 aliphatic rings. The van der Waals surface area contributed by atoms with Crippen LogP contribution in [0.3, 0.4) is 0 Å². The highest BCUT2D eigenvalue weighted by Gasteiger charge is 2.38. The molecule has 0 unspecified atom stereocenters. The fourth-order valence-electron chi connectivity index (χ4n) is 3.85. The number of hydrogen-bond acceptors (Lipinski definition) is 10. The van der Waals surface area contributed by atoms with Gasteiger partial charge in [0, 0.05) is 6.04 Å². The summed E-state index contributed by atoms with van der Waals surface area (Å²) < 4.78 is 32.5. The summed E-state index contributed by atoms with van der Waals surface area (Å²) in [4.78, 5) is 37.4. The number of nitrogens with one attached hydrogen (secondary N) is 2. The molecule has 0 saturated carbocycles. The van der Waals surface area contributed by atoms with Gasteiger partial charge in [-0.2, -0.15) is 0 Å². The molecule has 0 aliphatic heterocycles. The van der Waals surface area contributed by atoms with E-state index in [4.69, 9.17) is 19.9 Å². The maximum Gasteiger partial charge on any atom is 0.326 e. The molecule has 0 aliphatic carbocycles. The normalized spacial score (nSPS) is 15.2. The minimum Gasteiger partial charge on any atom is -0.464 e. The number of anilines is 1. The first-order valence-corrected chi connectivity index (χ1v) is 15.2. The zero-order chi connectivity index (χ0) is 29.2. The molecule has 2 heterocycles. The zero-order valence-electron chi connectivity index (χ0n) is 24.1. The van der Waals surface area contributed by atoms with Gasteiger partial charge in [0.25, 0.3) is 0 Å². The van der Waals surface area contributed by atoms with Crippen LogP contribution in [0.1, 0.15) is 74.1 Å². The number of carbonyl (C=O) groups excluding carboxylic acids is 2. The Labute approximate surface area is 230 Å². The Hall–Kier alpha value is -2.60. The van der Waals surface area contributed by atoms with Crippen molar-refractivity contribution in [1.29, 1.82) is 0 Å². The van der Waals surface area contributed by atoms with Crippen LogP contribution in [0.15, 0.2) is 12.7 Å². The summed E-state index contributed by atoms with van der Waals surface area (Å²) in [6.07, 6.45) is 4.70. The minimum absolute atomic E-state index is 0.0105. The lowest BCUT2D eigenvalue weighted by Crippen LogP contribution is -2.49. The molecule has 220 valence electrons. The standard InChI is InChI=1S/C25H44N7O6P/c1-8-9-10-11-36-24(34)25(6,7)31-39(35,30-18(4)12-20(33)38-17(2)3)16-37-19(5)13-32-15-29-21-22(26)27-14-28-23(21)32/h14-15,17-19H,8-13,16H2,1-7H3,(H2,26,27,28)(H2,30,31,35)/t18-,19+,39-/m0/s1. The molecule has 0 bridgehead atoms. The van der Waals surface area contributed by atoms with E-state index in [0.29, 0.717) is 17.7 Å². The minimum atomic E-state index is -3.59. The van der Waals surface area contributed by atoms with Crippen molar-refractivity contribution in [2.75, 3.05) is 18.7 Å². The van der Waals surface area contributed by atoms with Gasteiger partial charge >= 0.3 is 11.9 Å². The van der Waals surface area contributed by atoms with Crippen LogP contribution in [0.25, 0.3) is 11.2 Å². The van der Waals surface area contributed by atoms with Crippen molar-refractivity contribution < 1.29 is 28.4 Å². The third kappa shape index (κ3) is 10.5. The first-order valence-electron chi connectivity index (χ1n) is 13.3. The smallest absolute Gasteiger partial charge is 0.326 e. The van der Waals surface area contributed by atoms with Crippen LogP contribution in [0.4, 0.5) is 5.82 Å². The molecule has 0 amide bonds. The molecule has 14 heteroatoms. The highest BCUT2D eigenvalue weighted by molar-refractivity contribution is 7.59. The molecule has 0 radical (unpaired) electrons. The lowest BCUT2D eigenvalue weighted by molar-refractivity contribution is -0.150. The molecule has 13 nitrogen and oxygen atoms in total. The first kappa shape index (κ1) is 32.6. The van der Waals surface area contributed by atoms with E-state index in [1.54, 1.807) is 45.5 Å². The highest BCUT2D eigenvalue weighted by atomic mass is 31.2. The van der Waals surface area contributed by atoms with Crippen LogP contribution < -0.4 is 15.9 Å². The number of carbonyl (C=O) groups is 2. The van der Waals surface area contributed by atoms with E-state index in [-0.39, 0.29) is 31.3 Å². The molecule has 4 N–H and O–H groups in total. The van der Waals surface area contributed by atoms with Gasteiger partial charge in [-0.05, 0) is 48.0 Å². The number of nitrogen functional groups attached to an aromatic ring is 1. The zero-order valence-corrected chi connectivity index (χ0v) is 25.0. The van der Waals surface area contributed by atoms with Gasteiger partial charge in [0.05, 0.1) is 38.1 Å². The summed E-state index contributed by atoms with van der Waals surface area (Å²) >= 11 is 0. The monoisotopic (exact) mass is 569 g/mol. The highest BCUT2D eigenvalue weighted by Crippen LogP contribution is 2.40. The summed E-state index contributed by atoms with van der Waals surface area (Å²) in [6.45, 7) is 13.0. The molecule has 0 spiro atoms. The van der Waals surface area contributed by atoms with E-state index in [0.717, 1.165) is 19.3 Å². The Kier molecular flexibility index (Phi) is 12.3. The summed E-state index contributed by atoms with van der Waals surface area (Å²) in [5.41, 5.74) is 5.63. The van der Waals surface area contributed by atoms with Crippen molar-refractivity contribution in [3.05, 3.63) is 12.7 Å². The lowest BCUT2D eigenvalue weighted by Gasteiger charge is -2.32. The molecule has 2 rings (SSSR count). The second-order valence-electron chi connectivity index (χ2n) is 10.5. The van der Waals surface area contributed by atoms with Gasteiger partial charge < -0.3 is 24.5 Å². The number of unbranched alkanes of at least 4 members (excludes halogenated alkanes) is 2. The second-order valence-corrected chi connectivity index (χ2v) is 12.7. The van der Waals surface area contributed by atoms with Gasteiger partial charge in [-0.15, -0.1) is 0 Å². The van der Waals surface area contributed by atoms with Crippen molar-refractivity contribution in [3.63, 3.8) is 0 Å². The van der Waals surface area contributed by atoms with Gasteiger partial charge in [0.15, 0.2) is 11.5 Å². The van der Waals surface area contributed by atoms with Crippen molar-refractivity contribution in [2.24, 2.45) is 0 Å². The van der Waals surface area contributed by atoms with E-state index in [1.807, 2.05) is 6.92 Å². The third-order valence-electron chi connectivity index (χ3n) is 5.64. The number of ether oxygens (including phenoxy) is 3. The van der Waals surface area contributed by atoms with Crippen LogP contribution in [0.5, 0.6) is 0 Å². The fourth-order valence-corrected chi connectivity index (χ4v) is 6.32. The van der Waals surface area contributed by atoms with E-state index in [1.165, 1.54) is 6.33 Å². The van der Waals surface area contributed by atoms with Crippen LogP contribution >= 0.6 is 7.44 Å². The number of esters is 2. The Morgan fingerprint density at radius 3 is 2.54 bits per heavy atom. The van der Waals surface area contributed by atoms with Crippen molar-refractivity contribution in [1.82, 2.24) is 29.7 Å². The largest absolute Gasteiger partial charge is 0.464 e. The molecule has 0 fully saturated rings. The third-order valence-corrected chi connectivity index (χ3v) is 7.94. The molecular formula is C25H44N7O6P. The van der Waals surface area contributed by atoms with Gasteiger partial charge in [-0.25, -0.2) is 25.1 Å². The Bertz CT molecular complexity index is 1140.